The number of aliphatic carboxylic acids is 1. The first-order valence-corrected chi connectivity index (χ1v) is 8.66. The van der Waals surface area contributed by atoms with E-state index >= 15 is 0 Å². The summed E-state index contributed by atoms with van der Waals surface area (Å²) in [5, 5.41) is 8.54. The van der Waals surface area contributed by atoms with Crippen LogP contribution in [0.15, 0.2) is 53.4 Å². The molecular formula is C17H16O5S. The molecule has 0 unspecified atom stereocenters. The van der Waals surface area contributed by atoms with Gasteiger partial charge in [-0.3, -0.25) is 0 Å². The zero-order valence-corrected chi connectivity index (χ0v) is 13.3. The smallest absolute Gasteiger partial charge is 0.341 e. The van der Waals surface area contributed by atoms with Crippen molar-refractivity contribution in [2.24, 2.45) is 0 Å². The van der Waals surface area contributed by atoms with Crippen molar-refractivity contribution in [2.75, 3.05) is 12.9 Å². The van der Waals surface area contributed by atoms with Gasteiger partial charge in [-0.25, -0.2) is 13.2 Å². The summed E-state index contributed by atoms with van der Waals surface area (Å²) in [4.78, 5) is 10.7. The second kappa shape index (κ2) is 7.11. The van der Waals surface area contributed by atoms with Gasteiger partial charge < -0.3 is 9.84 Å². The van der Waals surface area contributed by atoms with Crippen LogP contribution in [0, 0.1) is 0 Å². The van der Waals surface area contributed by atoms with E-state index in [1.807, 2.05) is 12.2 Å². The largest absolute Gasteiger partial charge is 0.482 e. The molecule has 2 aromatic rings. The first-order chi connectivity index (χ1) is 10.8. The average molecular weight is 332 g/mol. The van der Waals surface area contributed by atoms with E-state index < -0.39 is 15.8 Å². The van der Waals surface area contributed by atoms with Gasteiger partial charge in [-0.1, -0.05) is 36.4 Å². The lowest BCUT2D eigenvalue weighted by atomic mass is 10.1. The van der Waals surface area contributed by atoms with Crippen LogP contribution in [-0.2, 0) is 14.6 Å². The zero-order chi connectivity index (χ0) is 16.9. The summed E-state index contributed by atoms with van der Waals surface area (Å²) >= 11 is 0. The van der Waals surface area contributed by atoms with Crippen molar-refractivity contribution in [1.82, 2.24) is 0 Å². The van der Waals surface area contributed by atoms with Gasteiger partial charge in [0.25, 0.3) is 0 Å². The van der Waals surface area contributed by atoms with Crippen molar-refractivity contribution in [3.05, 3.63) is 59.7 Å². The van der Waals surface area contributed by atoms with Crippen molar-refractivity contribution in [2.45, 2.75) is 4.90 Å². The molecule has 0 radical (unpaired) electrons. The highest BCUT2D eigenvalue weighted by atomic mass is 32.2. The molecule has 2 aromatic carbocycles. The summed E-state index contributed by atoms with van der Waals surface area (Å²) in [6, 6.07) is 13.6. The summed E-state index contributed by atoms with van der Waals surface area (Å²) in [5.41, 5.74) is 1.79. The molecule has 2 rings (SSSR count). The van der Waals surface area contributed by atoms with Crippen molar-refractivity contribution >= 4 is 28.0 Å². The van der Waals surface area contributed by atoms with Gasteiger partial charge >= 0.3 is 5.97 Å². The number of ether oxygens (including phenoxy) is 1. The van der Waals surface area contributed by atoms with Gasteiger partial charge in [-0.2, -0.15) is 0 Å². The van der Waals surface area contributed by atoms with E-state index in [1.165, 1.54) is 6.26 Å². The fraction of sp³-hybridized carbons (Fsp3) is 0.118. The normalized spacial score (nSPS) is 11.5. The van der Waals surface area contributed by atoms with E-state index in [9.17, 15) is 13.2 Å². The molecule has 6 heteroatoms. The molecule has 5 nitrogen and oxygen atoms in total. The minimum atomic E-state index is -3.18. The highest BCUT2D eigenvalue weighted by Gasteiger charge is 2.05. The maximum atomic E-state index is 11.4. The number of carbonyl (C=O) groups is 1. The molecule has 0 aromatic heterocycles. The predicted octanol–water partition coefficient (Wildman–Crippen LogP) is 2.72. The summed E-state index contributed by atoms with van der Waals surface area (Å²) < 4.78 is 27.8. The number of carboxylic acid groups (broad SMARTS) is 1. The SMILES string of the molecule is CS(=O)(=O)c1ccc(C=Cc2ccc(OCC(=O)O)cc2)cc1. The monoisotopic (exact) mass is 332 g/mol. The standard InChI is InChI=1S/C17H16O5S/c1-23(20,21)16-10-6-14(7-11-16)3-2-13-4-8-15(9-5-13)22-12-17(18)19/h2-11H,12H2,1H3,(H,18,19). The molecule has 0 fully saturated rings. The van der Waals surface area contributed by atoms with Gasteiger partial charge in [0, 0.05) is 6.26 Å². The molecule has 23 heavy (non-hydrogen) atoms. The Morgan fingerprint density at radius 3 is 1.91 bits per heavy atom. The van der Waals surface area contributed by atoms with Crippen molar-refractivity contribution in [3.63, 3.8) is 0 Å². The molecule has 0 aliphatic rings. The molecule has 0 bridgehead atoms. The first-order valence-electron chi connectivity index (χ1n) is 6.77. The summed E-state index contributed by atoms with van der Waals surface area (Å²) in [5.74, 6) is -0.534. The van der Waals surface area contributed by atoms with Crippen LogP contribution in [0.1, 0.15) is 11.1 Å². The maximum absolute atomic E-state index is 11.4. The molecule has 0 amide bonds. The lowest BCUT2D eigenvalue weighted by molar-refractivity contribution is -0.139. The van der Waals surface area contributed by atoms with Crippen molar-refractivity contribution < 1.29 is 23.1 Å². The third-order valence-electron chi connectivity index (χ3n) is 3.02. The van der Waals surface area contributed by atoms with E-state index in [4.69, 9.17) is 9.84 Å². The molecular weight excluding hydrogens is 316 g/mol. The number of sulfone groups is 1. The maximum Gasteiger partial charge on any atom is 0.341 e. The van der Waals surface area contributed by atoms with E-state index in [2.05, 4.69) is 0 Å². The van der Waals surface area contributed by atoms with Crippen LogP contribution in [0.3, 0.4) is 0 Å². The van der Waals surface area contributed by atoms with E-state index in [0.717, 1.165) is 11.1 Å². The topological polar surface area (TPSA) is 80.7 Å². The molecule has 1 N–H and O–H groups in total. The van der Waals surface area contributed by atoms with Gasteiger partial charge in [-0.05, 0) is 35.4 Å². The van der Waals surface area contributed by atoms with Crippen LogP contribution in [0.2, 0.25) is 0 Å². The van der Waals surface area contributed by atoms with E-state index in [-0.39, 0.29) is 11.5 Å². The van der Waals surface area contributed by atoms with Gasteiger partial charge in [0.1, 0.15) is 5.75 Å². The Kier molecular flexibility index (Phi) is 5.18. The number of hydrogen-bond acceptors (Lipinski definition) is 4. The molecule has 0 heterocycles. The van der Waals surface area contributed by atoms with Gasteiger partial charge in [0.15, 0.2) is 16.4 Å². The number of carboxylic acids is 1. The molecule has 0 saturated carbocycles. The fourth-order valence-corrected chi connectivity index (χ4v) is 2.47. The predicted molar refractivity (Wildman–Crippen MR) is 88.1 cm³/mol. The van der Waals surface area contributed by atoms with Gasteiger partial charge in [0.05, 0.1) is 4.90 Å². The average Bonchev–Trinajstić information content (AvgIpc) is 2.51. The minimum Gasteiger partial charge on any atom is -0.482 e. The zero-order valence-electron chi connectivity index (χ0n) is 12.5. The third-order valence-corrected chi connectivity index (χ3v) is 4.15. The third kappa shape index (κ3) is 5.27. The van der Waals surface area contributed by atoms with Crippen molar-refractivity contribution in [1.29, 1.82) is 0 Å². The highest BCUT2D eigenvalue weighted by molar-refractivity contribution is 7.90. The summed E-state index contributed by atoms with van der Waals surface area (Å²) in [7, 11) is -3.18. The van der Waals surface area contributed by atoms with Crippen LogP contribution in [0.4, 0.5) is 0 Å². The minimum absolute atomic E-state index is 0.287. The quantitative estimate of drug-likeness (QED) is 0.823. The Morgan fingerprint density at radius 1 is 1.00 bits per heavy atom. The Hall–Kier alpha value is -2.60. The van der Waals surface area contributed by atoms with Gasteiger partial charge in [0.2, 0.25) is 0 Å². The lowest BCUT2D eigenvalue weighted by Crippen LogP contribution is -2.09. The fourth-order valence-electron chi connectivity index (χ4n) is 1.84. The molecule has 0 saturated heterocycles. The highest BCUT2D eigenvalue weighted by Crippen LogP contribution is 2.16. The Morgan fingerprint density at radius 2 is 1.48 bits per heavy atom. The van der Waals surface area contributed by atoms with Crippen molar-refractivity contribution in [3.8, 4) is 5.75 Å². The molecule has 0 aliphatic carbocycles. The Balaban J connectivity index is 2.04. The van der Waals surface area contributed by atoms with Gasteiger partial charge in [-0.15, -0.1) is 0 Å². The first kappa shape index (κ1) is 16.8. The second-order valence-corrected chi connectivity index (χ2v) is 6.94. The Bertz CT molecular complexity index is 803. The summed E-state index contributed by atoms with van der Waals surface area (Å²) in [6.07, 6.45) is 4.90. The number of benzene rings is 2. The Labute approximate surface area is 134 Å². The summed E-state index contributed by atoms with van der Waals surface area (Å²) in [6.45, 7) is -0.373. The van der Waals surface area contributed by atoms with Crippen LogP contribution < -0.4 is 4.74 Å². The van der Waals surface area contributed by atoms with Crippen LogP contribution in [0.5, 0.6) is 5.75 Å². The molecule has 0 aliphatic heterocycles. The molecule has 120 valence electrons. The van der Waals surface area contributed by atoms with E-state index in [0.29, 0.717) is 5.75 Å². The number of rotatable bonds is 6. The number of hydrogen-bond donors (Lipinski definition) is 1. The molecule has 0 atom stereocenters. The van der Waals surface area contributed by atoms with Crippen LogP contribution in [0.25, 0.3) is 12.2 Å². The molecule has 0 spiro atoms. The van der Waals surface area contributed by atoms with Crippen LogP contribution in [-0.4, -0.2) is 32.4 Å². The van der Waals surface area contributed by atoms with E-state index in [1.54, 1.807) is 48.5 Å². The second-order valence-electron chi connectivity index (χ2n) is 4.93. The van der Waals surface area contributed by atoms with Crippen LogP contribution >= 0.6 is 0 Å². The lowest BCUT2D eigenvalue weighted by Gasteiger charge is -2.03.